The third-order valence-corrected chi connectivity index (χ3v) is 3.88. The van der Waals surface area contributed by atoms with E-state index in [1.54, 1.807) is 50.4 Å². The summed E-state index contributed by atoms with van der Waals surface area (Å²) in [4.78, 5) is 14.1. The Morgan fingerprint density at radius 1 is 1.55 bits per heavy atom. The molecule has 1 atom stereocenters. The number of likely N-dealkylation sites (N-methyl/N-ethyl adjacent to an activating group) is 2. The highest BCUT2D eigenvalue weighted by Gasteiger charge is 2.24. The Morgan fingerprint density at radius 2 is 2.27 bits per heavy atom. The van der Waals surface area contributed by atoms with Crippen molar-refractivity contribution >= 4 is 21.8 Å². The van der Waals surface area contributed by atoms with Gasteiger partial charge < -0.3 is 10.2 Å². The maximum absolute atomic E-state index is 13.8. The second kappa shape index (κ2) is 7.02. The Bertz CT molecular complexity index is 673. The topological polar surface area (TPSA) is 50.2 Å². The summed E-state index contributed by atoms with van der Waals surface area (Å²) in [6.45, 7) is 0.197. The Kier molecular flexibility index (Phi) is 5.31. The molecule has 22 heavy (non-hydrogen) atoms. The van der Waals surface area contributed by atoms with E-state index in [9.17, 15) is 9.18 Å². The fourth-order valence-corrected chi connectivity index (χ4v) is 2.65. The molecule has 0 bridgehead atoms. The summed E-state index contributed by atoms with van der Waals surface area (Å²) in [5.41, 5.74) is 1.24. The normalized spacial score (nSPS) is 12.2. The number of nitrogens with zero attached hydrogens (tertiary/aromatic N) is 3. The van der Waals surface area contributed by atoms with Crippen LogP contribution in [0.25, 0.3) is 0 Å². The van der Waals surface area contributed by atoms with E-state index < -0.39 is 6.04 Å². The lowest BCUT2D eigenvalue weighted by atomic mass is 10.1. The van der Waals surface area contributed by atoms with Gasteiger partial charge >= 0.3 is 0 Å². The molecule has 1 amide bonds. The smallest absolute Gasteiger partial charge is 0.244 e. The van der Waals surface area contributed by atoms with E-state index in [2.05, 4.69) is 26.3 Å². The van der Waals surface area contributed by atoms with Crippen LogP contribution in [0, 0.1) is 5.82 Å². The Labute approximate surface area is 137 Å². The van der Waals surface area contributed by atoms with Crippen LogP contribution in [-0.2, 0) is 18.4 Å². The molecule has 0 spiro atoms. The van der Waals surface area contributed by atoms with Gasteiger partial charge in [-0.1, -0.05) is 15.9 Å². The van der Waals surface area contributed by atoms with Gasteiger partial charge in [0.2, 0.25) is 5.91 Å². The summed E-state index contributed by atoms with van der Waals surface area (Å²) in [5.74, 6) is -0.472. The molecule has 5 nitrogen and oxygen atoms in total. The largest absolute Gasteiger partial charge is 0.340 e. The predicted octanol–water partition coefficient (Wildman–Crippen LogP) is 2.24. The van der Waals surface area contributed by atoms with Gasteiger partial charge in [-0.15, -0.1) is 0 Å². The number of aryl methyl sites for hydroxylation is 1. The SMILES string of the molecule is CNC(C(=O)N(C)Cc1cc(Br)ccc1F)c1cnn(C)c1. The van der Waals surface area contributed by atoms with Gasteiger partial charge in [0.25, 0.3) is 0 Å². The summed E-state index contributed by atoms with van der Waals surface area (Å²) in [5, 5.41) is 7.05. The van der Waals surface area contributed by atoms with Crippen LogP contribution in [0.1, 0.15) is 17.2 Å². The summed E-state index contributed by atoms with van der Waals surface area (Å²) in [6, 6.07) is 4.19. The third-order valence-electron chi connectivity index (χ3n) is 3.39. The first kappa shape index (κ1) is 16.6. The van der Waals surface area contributed by atoms with Crippen LogP contribution in [0.4, 0.5) is 4.39 Å². The van der Waals surface area contributed by atoms with Crippen molar-refractivity contribution in [2.45, 2.75) is 12.6 Å². The molecular weight excluding hydrogens is 351 g/mol. The van der Waals surface area contributed by atoms with Crippen LogP contribution in [0.15, 0.2) is 35.1 Å². The van der Waals surface area contributed by atoms with Crippen molar-refractivity contribution in [2.24, 2.45) is 7.05 Å². The van der Waals surface area contributed by atoms with E-state index in [1.807, 2.05) is 0 Å². The molecule has 1 unspecified atom stereocenters. The average Bonchev–Trinajstić information content (AvgIpc) is 2.90. The second-order valence-electron chi connectivity index (χ2n) is 5.10. The first-order chi connectivity index (χ1) is 10.4. The monoisotopic (exact) mass is 368 g/mol. The number of rotatable bonds is 5. The number of amides is 1. The van der Waals surface area contributed by atoms with E-state index in [4.69, 9.17) is 0 Å². The zero-order chi connectivity index (χ0) is 16.3. The maximum Gasteiger partial charge on any atom is 0.244 e. The van der Waals surface area contributed by atoms with E-state index in [-0.39, 0.29) is 18.3 Å². The number of nitrogens with one attached hydrogen (secondary N) is 1. The second-order valence-corrected chi connectivity index (χ2v) is 6.01. The number of benzene rings is 1. The Balaban J connectivity index is 2.15. The number of carbonyl (C=O) groups excluding carboxylic acids is 1. The van der Waals surface area contributed by atoms with Gasteiger partial charge in [0.1, 0.15) is 11.9 Å². The minimum atomic E-state index is -0.506. The number of hydrogen-bond acceptors (Lipinski definition) is 3. The van der Waals surface area contributed by atoms with Gasteiger partial charge in [0.15, 0.2) is 0 Å². The van der Waals surface area contributed by atoms with Gasteiger partial charge in [-0.3, -0.25) is 9.48 Å². The highest BCUT2D eigenvalue weighted by molar-refractivity contribution is 9.10. The summed E-state index contributed by atoms with van der Waals surface area (Å²) < 4.78 is 16.2. The lowest BCUT2D eigenvalue weighted by molar-refractivity contribution is -0.132. The molecule has 0 radical (unpaired) electrons. The van der Waals surface area contributed by atoms with Gasteiger partial charge in [-0.25, -0.2) is 4.39 Å². The number of aromatic nitrogens is 2. The zero-order valence-corrected chi connectivity index (χ0v) is 14.3. The third kappa shape index (κ3) is 3.72. The van der Waals surface area contributed by atoms with Gasteiger partial charge in [-0.2, -0.15) is 5.10 Å². The standard InChI is InChI=1S/C15H18BrFN4O/c1-18-14(11-7-19-21(3)9-11)15(22)20(2)8-10-6-12(16)4-5-13(10)17/h4-7,9,14,18H,8H2,1-3H3. The van der Waals surface area contributed by atoms with Crippen molar-refractivity contribution in [3.05, 3.63) is 52.0 Å². The van der Waals surface area contributed by atoms with Crippen molar-refractivity contribution in [2.75, 3.05) is 14.1 Å². The van der Waals surface area contributed by atoms with Crippen LogP contribution >= 0.6 is 15.9 Å². The molecule has 1 aromatic carbocycles. The molecular formula is C15H18BrFN4O. The average molecular weight is 369 g/mol. The lowest BCUT2D eigenvalue weighted by Gasteiger charge is -2.23. The van der Waals surface area contributed by atoms with Gasteiger partial charge in [0.05, 0.1) is 6.20 Å². The van der Waals surface area contributed by atoms with Crippen molar-refractivity contribution in [3.63, 3.8) is 0 Å². The van der Waals surface area contributed by atoms with Crippen LogP contribution in [-0.4, -0.2) is 34.7 Å². The molecule has 0 saturated heterocycles. The zero-order valence-electron chi connectivity index (χ0n) is 12.7. The molecule has 0 aliphatic heterocycles. The Hall–Kier alpha value is -1.73. The highest BCUT2D eigenvalue weighted by atomic mass is 79.9. The molecule has 1 aromatic heterocycles. The first-order valence-corrected chi connectivity index (χ1v) is 7.56. The van der Waals surface area contributed by atoms with Crippen LogP contribution < -0.4 is 5.32 Å². The molecule has 0 saturated carbocycles. The molecule has 1 heterocycles. The van der Waals surface area contributed by atoms with E-state index >= 15 is 0 Å². The molecule has 0 fully saturated rings. The minimum Gasteiger partial charge on any atom is -0.340 e. The summed E-state index contributed by atoms with van der Waals surface area (Å²) >= 11 is 3.31. The lowest BCUT2D eigenvalue weighted by Crippen LogP contribution is -2.37. The first-order valence-electron chi connectivity index (χ1n) is 6.77. The summed E-state index contributed by atoms with van der Waals surface area (Å²) in [7, 11) is 5.16. The Morgan fingerprint density at radius 3 is 2.86 bits per heavy atom. The van der Waals surface area contributed by atoms with Crippen molar-refractivity contribution in [1.82, 2.24) is 20.0 Å². The molecule has 0 aliphatic rings. The van der Waals surface area contributed by atoms with E-state index in [0.717, 1.165) is 10.0 Å². The van der Waals surface area contributed by atoms with Crippen molar-refractivity contribution in [3.8, 4) is 0 Å². The van der Waals surface area contributed by atoms with Crippen LogP contribution in [0.5, 0.6) is 0 Å². The maximum atomic E-state index is 13.8. The van der Waals surface area contributed by atoms with Gasteiger partial charge in [-0.05, 0) is 25.2 Å². The molecule has 2 aromatic rings. The quantitative estimate of drug-likeness (QED) is 0.880. The number of halogens is 2. The van der Waals surface area contributed by atoms with E-state index in [1.165, 1.54) is 11.0 Å². The molecule has 1 N–H and O–H groups in total. The molecule has 0 aliphatic carbocycles. The fraction of sp³-hybridized carbons (Fsp3) is 0.333. The molecule has 118 valence electrons. The van der Waals surface area contributed by atoms with Crippen molar-refractivity contribution < 1.29 is 9.18 Å². The number of carbonyl (C=O) groups is 1. The van der Waals surface area contributed by atoms with Gasteiger partial charge in [0, 0.05) is 42.4 Å². The highest BCUT2D eigenvalue weighted by Crippen LogP contribution is 2.19. The fourth-order valence-electron chi connectivity index (χ4n) is 2.24. The van der Waals surface area contributed by atoms with Crippen LogP contribution in [0.2, 0.25) is 0 Å². The minimum absolute atomic E-state index is 0.144. The number of hydrogen-bond donors (Lipinski definition) is 1. The molecule has 7 heteroatoms. The van der Waals surface area contributed by atoms with Crippen LogP contribution in [0.3, 0.4) is 0 Å². The van der Waals surface area contributed by atoms with Crippen molar-refractivity contribution in [1.29, 1.82) is 0 Å². The van der Waals surface area contributed by atoms with E-state index in [0.29, 0.717) is 5.56 Å². The predicted molar refractivity (Wildman–Crippen MR) is 85.6 cm³/mol. The molecule has 2 rings (SSSR count). The summed E-state index contributed by atoms with van der Waals surface area (Å²) in [6.07, 6.45) is 3.43.